The lowest BCUT2D eigenvalue weighted by Crippen LogP contribution is -2.38. The highest BCUT2D eigenvalue weighted by Crippen LogP contribution is 2.22. The van der Waals surface area contributed by atoms with Crippen molar-refractivity contribution < 1.29 is 9.59 Å². The number of carbonyl (C=O) groups is 2. The maximum Gasteiger partial charge on any atom is 0.238 e. The molecule has 0 saturated heterocycles. The Kier molecular flexibility index (Phi) is 7.71. The van der Waals surface area contributed by atoms with Crippen LogP contribution in [0.2, 0.25) is 0 Å². The topological polar surface area (TPSA) is 89.6 Å². The van der Waals surface area contributed by atoms with Gasteiger partial charge in [0.25, 0.3) is 0 Å². The number of pyridine rings is 1. The lowest BCUT2D eigenvalue weighted by molar-refractivity contribution is -0.120. The molecule has 0 aliphatic heterocycles. The molecule has 0 saturated carbocycles. The van der Waals surface area contributed by atoms with Gasteiger partial charge in [-0.15, -0.1) is 0 Å². The highest BCUT2D eigenvalue weighted by molar-refractivity contribution is 5.96. The number of benzene rings is 2. The molecule has 0 fully saturated rings. The number of nitrogens with one attached hydrogen (secondary N) is 2. The Labute approximate surface area is 217 Å². The van der Waals surface area contributed by atoms with Crippen molar-refractivity contribution in [3.05, 3.63) is 100 Å². The van der Waals surface area contributed by atoms with Crippen molar-refractivity contribution >= 4 is 28.7 Å². The summed E-state index contributed by atoms with van der Waals surface area (Å²) >= 11 is 0. The standard InChI is InChI=1S/C30H31N5O2/c1-20-9-7-10-21(2)29(20)32-27(36)18-34(19-28(37)33-30-22(3)11-8-12-23(30)4)16-24-17-35-14-6-5-13-26(35)25(24)15-31/h5-14,17H,16,18-19H2,1-4H3,(H,32,36)(H,33,37). The first-order valence-corrected chi connectivity index (χ1v) is 12.2. The van der Waals surface area contributed by atoms with Gasteiger partial charge in [0.1, 0.15) is 6.07 Å². The van der Waals surface area contributed by atoms with E-state index in [1.807, 2.05) is 99.1 Å². The van der Waals surface area contributed by atoms with Gasteiger partial charge in [-0.3, -0.25) is 14.5 Å². The van der Waals surface area contributed by atoms with Gasteiger partial charge >= 0.3 is 0 Å². The van der Waals surface area contributed by atoms with Gasteiger partial charge in [0.2, 0.25) is 11.8 Å². The monoisotopic (exact) mass is 493 g/mol. The number of hydrogen-bond donors (Lipinski definition) is 2. The maximum atomic E-state index is 13.1. The minimum atomic E-state index is -0.223. The van der Waals surface area contributed by atoms with Crippen molar-refractivity contribution in [1.82, 2.24) is 9.30 Å². The Balaban J connectivity index is 1.59. The summed E-state index contributed by atoms with van der Waals surface area (Å²) in [5.74, 6) is -0.445. The van der Waals surface area contributed by atoms with E-state index in [1.54, 1.807) is 4.90 Å². The van der Waals surface area contributed by atoms with Gasteiger partial charge in [0.15, 0.2) is 0 Å². The summed E-state index contributed by atoms with van der Waals surface area (Å²) in [6.45, 7) is 8.05. The summed E-state index contributed by atoms with van der Waals surface area (Å²) in [6.07, 6.45) is 3.76. The molecule has 2 amide bonds. The lowest BCUT2D eigenvalue weighted by atomic mass is 10.1. The number of aromatic nitrogens is 1. The average Bonchev–Trinajstić information content (AvgIpc) is 3.20. The van der Waals surface area contributed by atoms with Crippen LogP contribution in [0, 0.1) is 39.0 Å². The van der Waals surface area contributed by atoms with Gasteiger partial charge in [-0.2, -0.15) is 5.26 Å². The third kappa shape index (κ3) is 5.88. The van der Waals surface area contributed by atoms with Crippen molar-refractivity contribution in [3.8, 4) is 6.07 Å². The maximum absolute atomic E-state index is 13.1. The number of fused-ring (bicyclic) bond motifs is 1. The zero-order valence-electron chi connectivity index (χ0n) is 21.6. The van der Waals surface area contributed by atoms with Gasteiger partial charge in [-0.1, -0.05) is 42.5 Å². The highest BCUT2D eigenvalue weighted by Gasteiger charge is 2.20. The molecule has 0 spiro atoms. The fourth-order valence-electron chi connectivity index (χ4n) is 4.62. The van der Waals surface area contributed by atoms with E-state index in [9.17, 15) is 14.9 Å². The normalized spacial score (nSPS) is 10.9. The molecule has 2 aromatic carbocycles. The molecular weight excluding hydrogens is 462 g/mol. The predicted molar refractivity (Wildman–Crippen MR) is 146 cm³/mol. The van der Waals surface area contributed by atoms with Crippen LogP contribution in [0.1, 0.15) is 33.4 Å². The van der Waals surface area contributed by atoms with Crippen molar-refractivity contribution in [2.45, 2.75) is 34.2 Å². The summed E-state index contributed by atoms with van der Waals surface area (Å²) in [6, 6.07) is 19.6. The quantitative estimate of drug-likeness (QED) is 0.356. The third-order valence-corrected chi connectivity index (χ3v) is 6.49. The Hall–Kier alpha value is -4.41. The molecule has 0 aliphatic rings. The van der Waals surface area contributed by atoms with Gasteiger partial charge in [0, 0.05) is 35.9 Å². The van der Waals surface area contributed by atoms with Crippen LogP contribution >= 0.6 is 0 Å². The number of hydrogen-bond acceptors (Lipinski definition) is 4. The molecule has 2 heterocycles. The third-order valence-electron chi connectivity index (χ3n) is 6.49. The molecule has 188 valence electrons. The van der Waals surface area contributed by atoms with E-state index in [2.05, 4.69) is 16.7 Å². The number of carbonyl (C=O) groups excluding carboxylic acids is 2. The van der Waals surface area contributed by atoms with E-state index in [1.165, 1.54) is 0 Å². The van der Waals surface area contributed by atoms with Crippen LogP contribution in [0.5, 0.6) is 0 Å². The van der Waals surface area contributed by atoms with E-state index >= 15 is 0 Å². The molecule has 7 heteroatoms. The first-order valence-electron chi connectivity index (χ1n) is 12.2. The van der Waals surface area contributed by atoms with Crippen LogP contribution in [0.15, 0.2) is 67.0 Å². The van der Waals surface area contributed by atoms with Crippen molar-refractivity contribution in [2.75, 3.05) is 23.7 Å². The van der Waals surface area contributed by atoms with Crippen LogP contribution in [-0.4, -0.2) is 34.2 Å². The highest BCUT2D eigenvalue weighted by atomic mass is 16.2. The molecule has 4 aromatic rings. The molecule has 37 heavy (non-hydrogen) atoms. The zero-order chi connectivity index (χ0) is 26.5. The fourth-order valence-corrected chi connectivity index (χ4v) is 4.62. The van der Waals surface area contributed by atoms with Crippen LogP contribution < -0.4 is 10.6 Å². The summed E-state index contributed by atoms with van der Waals surface area (Å²) in [4.78, 5) is 28.0. The molecule has 0 aliphatic carbocycles. The van der Waals surface area contributed by atoms with Crippen molar-refractivity contribution in [3.63, 3.8) is 0 Å². The Morgan fingerprint density at radius 3 is 1.81 bits per heavy atom. The lowest BCUT2D eigenvalue weighted by Gasteiger charge is -2.22. The van der Waals surface area contributed by atoms with Crippen LogP contribution in [0.4, 0.5) is 11.4 Å². The molecule has 2 aromatic heterocycles. The number of amides is 2. The largest absolute Gasteiger partial charge is 0.324 e. The van der Waals surface area contributed by atoms with Gasteiger partial charge in [-0.25, -0.2) is 0 Å². The molecule has 0 unspecified atom stereocenters. The average molecular weight is 494 g/mol. The minimum absolute atomic E-state index is 0.00892. The van der Waals surface area contributed by atoms with Crippen LogP contribution in [0.3, 0.4) is 0 Å². The molecule has 4 rings (SSSR count). The van der Waals surface area contributed by atoms with Crippen molar-refractivity contribution in [2.24, 2.45) is 0 Å². The summed E-state index contributed by atoms with van der Waals surface area (Å²) in [5.41, 5.74) is 7.52. The first kappa shape index (κ1) is 25.7. The van der Waals surface area contributed by atoms with E-state index < -0.39 is 0 Å². The number of nitriles is 1. The van der Waals surface area contributed by atoms with Crippen LogP contribution in [0.25, 0.3) is 5.52 Å². The molecule has 2 N–H and O–H groups in total. The van der Waals surface area contributed by atoms with Crippen LogP contribution in [-0.2, 0) is 16.1 Å². The second-order valence-electron chi connectivity index (χ2n) is 9.41. The Bertz CT molecular complexity index is 1400. The summed E-state index contributed by atoms with van der Waals surface area (Å²) in [5, 5.41) is 15.9. The van der Waals surface area contributed by atoms with Crippen molar-refractivity contribution in [1.29, 1.82) is 5.26 Å². The van der Waals surface area contributed by atoms with Gasteiger partial charge < -0.3 is 15.0 Å². The molecule has 0 bridgehead atoms. The molecule has 7 nitrogen and oxygen atoms in total. The second-order valence-corrected chi connectivity index (χ2v) is 9.41. The molecular formula is C30H31N5O2. The number of nitrogens with zero attached hydrogens (tertiary/aromatic N) is 3. The van der Waals surface area contributed by atoms with Gasteiger partial charge in [-0.05, 0) is 62.1 Å². The predicted octanol–water partition coefficient (Wildman–Crippen LogP) is 5.12. The van der Waals surface area contributed by atoms with E-state index in [4.69, 9.17) is 0 Å². The van der Waals surface area contributed by atoms with E-state index in [-0.39, 0.29) is 31.4 Å². The number of para-hydroxylation sites is 2. The van der Waals surface area contributed by atoms with E-state index in [0.717, 1.165) is 44.7 Å². The number of rotatable bonds is 8. The first-order chi connectivity index (χ1) is 17.8. The molecule has 0 atom stereocenters. The summed E-state index contributed by atoms with van der Waals surface area (Å²) in [7, 11) is 0. The molecule has 0 radical (unpaired) electrons. The fraction of sp³-hybridized carbons (Fsp3) is 0.233. The Morgan fingerprint density at radius 1 is 0.811 bits per heavy atom. The SMILES string of the molecule is Cc1cccc(C)c1NC(=O)CN(CC(=O)Nc1c(C)cccc1C)Cc1cn2ccccc2c1C#N. The second kappa shape index (κ2) is 11.1. The minimum Gasteiger partial charge on any atom is -0.324 e. The zero-order valence-corrected chi connectivity index (χ0v) is 21.6. The number of anilines is 2. The smallest absolute Gasteiger partial charge is 0.238 e. The van der Waals surface area contributed by atoms with Gasteiger partial charge in [0.05, 0.1) is 24.2 Å². The summed E-state index contributed by atoms with van der Waals surface area (Å²) < 4.78 is 1.89. The Morgan fingerprint density at radius 2 is 1.32 bits per heavy atom. The van der Waals surface area contributed by atoms with E-state index in [0.29, 0.717) is 5.56 Å². The number of aryl methyl sites for hydroxylation is 4.